The van der Waals surface area contributed by atoms with E-state index in [9.17, 15) is 9.59 Å². The number of amides is 2. The summed E-state index contributed by atoms with van der Waals surface area (Å²) in [5.41, 5.74) is 0.482. The van der Waals surface area contributed by atoms with E-state index < -0.39 is 0 Å². The first-order chi connectivity index (χ1) is 7.61. The third-order valence-electron chi connectivity index (χ3n) is 2.02. The van der Waals surface area contributed by atoms with Crippen LogP contribution in [0.5, 0.6) is 0 Å². The Labute approximate surface area is 94.2 Å². The van der Waals surface area contributed by atoms with Crippen molar-refractivity contribution in [2.75, 3.05) is 13.1 Å². The molecule has 0 bridgehead atoms. The Morgan fingerprint density at radius 1 is 1.31 bits per heavy atom. The van der Waals surface area contributed by atoms with Gasteiger partial charge in [-0.3, -0.25) is 9.59 Å². The molecule has 1 heterocycles. The first-order valence-electron chi connectivity index (χ1n) is 5.19. The summed E-state index contributed by atoms with van der Waals surface area (Å²) < 4.78 is 4.78. The number of hydrogen-bond acceptors (Lipinski definition) is 3. The molecule has 1 rings (SSSR count). The van der Waals surface area contributed by atoms with Crippen molar-refractivity contribution in [3.05, 3.63) is 24.2 Å². The zero-order chi connectivity index (χ0) is 12.0. The average Bonchev–Trinajstić information content (AvgIpc) is 2.76. The fourth-order valence-corrected chi connectivity index (χ4v) is 1.06. The summed E-state index contributed by atoms with van der Waals surface area (Å²) in [6, 6.07) is 1.59. The van der Waals surface area contributed by atoms with Gasteiger partial charge >= 0.3 is 0 Å². The zero-order valence-corrected chi connectivity index (χ0v) is 9.45. The monoisotopic (exact) mass is 224 g/mol. The molecule has 0 saturated heterocycles. The van der Waals surface area contributed by atoms with Crippen LogP contribution in [-0.2, 0) is 4.79 Å². The molecule has 0 aromatic carbocycles. The van der Waals surface area contributed by atoms with Crippen molar-refractivity contribution < 1.29 is 14.0 Å². The van der Waals surface area contributed by atoms with Crippen LogP contribution >= 0.6 is 0 Å². The van der Waals surface area contributed by atoms with E-state index in [2.05, 4.69) is 10.6 Å². The lowest BCUT2D eigenvalue weighted by atomic mass is 10.2. The van der Waals surface area contributed by atoms with Crippen molar-refractivity contribution in [2.45, 2.75) is 13.8 Å². The highest BCUT2D eigenvalue weighted by Crippen LogP contribution is 1.98. The first-order valence-corrected chi connectivity index (χ1v) is 5.19. The van der Waals surface area contributed by atoms with E-state index in [1.165, 1.54) is 12.5 Å². The van der Waals surface area contributed by atoms with Crippen LogP contribution in [0, 0.1) is 5.92 Å². The average molecular weight is 224 g/mol. The van der Waals surface area contributed by atoms with Gasteiger partial charge in [0.05, 0.1) is 11.8 Å². The Bertz CT molecular complexity index is 344. The first kappa shape index (κ1) is 12.3. The number of hydrogen-bond donors (Lipinski definition) is 2. The molecule has 0 aliphatic rings. The van der Waals surface area contributed by atoms with Crippen molar-refractivity contribution >= 4 is 11.8 Å². The molecular formula is C11H16N2O3. The van der Waals surface area contributed by atoms with Gasteiger partial charge in [-0.25, -0.2) is 0 Å². The largest absolute Gasteiger partial charge is 0.472 e. The van der Waals surface area contributed by atoms with Gasteiger partial charge in [0, 0.05) is 19.0 Å². The molecule has 0 spiro atoms. The molecule has 5 heteroatoms. The third kappa shape index (κ3) is 3.76. The minimum atomic E-state index is -0.201. The second-order valence-corrected chi connectivity index (χ2v) is 3.71. The smallest absolute Gasteiger partial charge is 0.254 e. The fourth-order valence-electron chi connectivity index (χ4n) is 1.06. The lowest BCUT2D eigenvalue weighted by molar-refractivity contribution is -0.123. The van der Waals surface area contributed by atoms with Gasteiger partial charge in [0.2, 0.25) is 5.91 Å². The van der Waals surface area contributed by atoms with Crippen molar-refractivity contribution in [1.82, 2.24) is 10.6 Å². The van der Waals surface area contributed by atoms with E-state index in [-0.39, 0.29) is 17.7 Å². The highest BCUT2D eigenvalue weighted by Gasteiger charge is 2.07. The second kappa shape index (κ2) is 5.95. The molecule has 1 aromatic rings. The predicted octanol–water partition coefficient (Wildman–Crippen LogP) is 0.782. The van der Waals surface area contributed by atoms with Crippen LogP contribution in [0.2, 0.25) is 0 Å². The van der Waals surface area contributed by atoms with Gasteiger partial charge in [0.15, 0.2) is 0 Å². The maximum absolute atomic E-state index is 11.4. The van der Waals surface area contributed by atoms with Gasteiger partial charge in [0.25, 0.3) is 5.91 Å². The summed E-state index contributed by atoms with van der Waals surface area (Å²) in [5.74, 6) is -0.255. The van der Waals surface area contributed by atoms with Crippen molar-refractivity contribution in [2.24, 2.45) is 5.92 Å². The van der Waals surface area contributed by atoms with Gasteiger partial charge in [-0.1, -0.05) is 13.8 Å². The molecule has 0 unspecified atom stereocenters. The summed E-state index contributed by atoms with van der Waals surface area (Å²) >= 11 is 0. The van der Waals surface area contributed by atoms with Gasteiger partial charge in [0.1, 0.15) is 6.26 Å². The molecule has 0 radical (unpaired) electrons. The maximum atomic E-state index is 11.4. The molecule has 0 aliphatic carbocycles. The highest BCUT2D eigenvalue weighted by molar-refractivity contribution is 5.93. The zero-order valence-electron chi connectivity index (χ0n) is 9.45. The van der Waals surface area contributed by atoms with E-state index in [0.717, 1.165) is 0 Å². The quantitative estimate of drug-likeness (QED) is 0.726. The van der Waals surface area contributed by atoms with Gasteiger partial charge in [-0.2, -0.15) is 0 Å². The Morgan fingerprint density at radius 3 is 2.56 bits per heavy atom. The molecule has 2 N–H and O–H groups in total. The minimum absolute atomic E-state index is 0.0161. The number of carbonyl (C=O) groups is 2. The van der Waals surface area contributed by atoms with E-state index in [0.29, 0.717) is 18.7 Å². The SMILES string of the molecule is CC(C)C(=O)NCCNC(=O)c1ccoc1. The summed E-state index contributed by atoms with van der Waals surface area (Å²) in [5, 5.41) is 5.37. The number of carbonyl (C=O) groups excluding carboxylic acids is 2. The van der Waals surface area contributed by atoms with Crippen LogP contribution in [0.25, 0.3) is 0 Å². The topological polar surface area (TPSA) is 71.3 Å². The van der Waals surface area contributed by atoms with Crippen LogP contribution in [0.4, 0.5) is 0 Å². The normalized spacial score (nSPS) is 10.2. The molecule has 0 atom stereocenters. The predicted molar refractivity (Wildman–Crippen MR) is 58.9 cm³/mol. The van der Waals surface area contributed by atoms with E-state index in [1.807, 2.05) is 13.8 Å². The Hall–Kier alpha value is -1.78. The standard InChI is InChI=1S/C11H16N2O3/c1-8(2)10(14)12-4-5-13-11(15)9-3-6-16-7-9/h3,6-8H,4-5H2,1-2H3,(H,12,14)(H,13,15). The van der Waals surface area contributed by atoms with Crippen LogP contribution in [0.3, 0.4) is 0 Å². The van der Waals surface area contributed by atoms with Crippen LogP contribution < -0.4 is 10.6 Å². The fraction of sp³-hybridized carbons (Fsp3) is 0.455. The van der Waals surface area contributed by atoms with Crippen LogP contribution in [0.1, 0.15) is 24.2 Å². The third-order valence-corrected chi connectivity index (χ3v) is 2.02. The molecule has 1 aromatic heterocycles. The van der Waals surface area contributed by atoms with E-state index in [4.69, 9.17) is 4.42 Å². The Morgan fingerprint density at radius 2 is 2.00 bits per heavy atom. The molecular weight excluding hydrogens is 208 g/mol. The summed E-state index contributed by atoms with van der Waals surface area (Å²) in [6.45, 7) is 4.47. The highest BCUT2D eigenvalue weighted by atomic mass is 16.3. The van der Waals surface area contributed by atoms with Gasteiger partial charge < -0.3 is 15.1 Å². The number of furan rings is 1. The minimum Gasteiger partial charge on any atom is -0.472 e. The molecule has 0 saturated carbocycles. The Balaban J connectivity index is 2.17. The Kier molecular flexibility index (Phi) is 4.57. The molecule has 0 fully saturated rings. The van der Waals surface area contributed by atoms with Crippen LogP contribution in [0.15, 0.2) is 23.0 Å². The van der Waals surface area contributed by atoms with Crippen LogP contribution in [-0.4, -0.2) is 24.9 Å². The molecule has 0 aliphatic heterocycles. The molecule has 5 nitrogen and oxygen atoms in total. The number of rotatable bonds is 5. The van der Waals surface area contributed by atoms with Crippen molar-refractivity contribution in [3.8, 4) is 0 Å². The van der Waals surface area contributed by atoms with E-state index >= 15 is 0 Å². The molecule has 16 heavy (non-hydrogen) atoms. The molecule has 2 amide bonds. The van der Waals surface area contributed by atoms with E-state index in [1.54, 1.807) is 6.07 Å². The maximum Gasteiger partial charge on any atom is 0.254 e. The lowest BCUT2D eigenvalue weighted by Gasteiger charge is -2.07. The summed E-state index contributed by atoms with van der Waals surface area (Å²) in [7, 11) is 0. The van der Waals surface area contributed by atoms with Gasteiger partial charge in [-0.15, -0.1) is 0 Å². The number of nitrogens with one attached hydrogen (secondary N) is 2. The second-order valence-electron chi connectivity index (χ2n) is 3.71. The van der Waals surface area contributed by atoms with Crippen molar-refractivity contribution in [1.29, 1.82) is 0 Å². The molecule has 88 valence electrons. The summed E-state index contributed by atoms with van der Waals surface area (Å²) in [4.78, 5) is 22.6. The van der Waals surface area contributed by atoms with Crippen molar-refractivity contribution in [3.63, 3.8) is 0 Å². The lowest BCUT2D eigenvalue weighted by Crippen LogP contribution is -2.36. The van der Waals surface area contributed by atoms with Gasteiger partial charge in [-0.05, 0) is 6.07 Å². The summed E-state index contributed by atoms with van der Waals surface area (Å²) in [6.07, 6.45) is 2.82.